The van der Waals surface area contributed by atoms with Gasteiger partial charge in [-0.05, 0) is 44.4 Å². The maximum absolute atomic E-state index is 12.1. The maximum atomic E-state index is 12.1. The van der Waals surface area contributed by atoms with Crippen LogP contribution in [0.15, 0.2) is 24.3 Å². The molecule has 1 fully saturated rings. The van der Waals surface area contributed by atoms with Crippen molar-refractivity contribution < 1.29 is 19.4 Å². The fourth-order valence-corrected chi connectivity index (χ4v) is 2.67. The predicted molar refractivity (Wildman–Crippen MR) is 78.2 cm³/mol. The van der Waals surface area contributed by atoms with Crippen LogP contribution < -0.4 is 10.1 Å². The van der Waals surface area contributed by atoms with Gasteiger partial charge in [0.15, 0.2) is 6.10 Å². The molecule has 2 rings (SSSR count). The van der Waals surface area contributed by atoms with Crippen molar-refractivity contribution >= 4 is 11.9 Å². The second-order valence-electron chi connectivity index (χ2n) is 5.57. The molecule has 0 aromatic heterocycles. The van der Waals surface area contributed by atoms with Gasteiger partial charge in [-0.15, -0.1) is 0 Å². The first-order chi connectivity index (χ1) is 9.97. The van der Waals surface area contributed by atoms with Crippen molar-refractivity contribution in [3.05, 3.63) is 29.8 Å². The number of aliphatic carboxylic acids is 1. The molecule has 0 heterocycles. The number of carbonyl (C=O) groups is 2. The largest absolute Gasteiger partial charge is 0.481 e. The molecular formula is C16H21NO4. The Bertz CT molecular complexity index is 529. The average molecular weight is 291 g/mol. The highest BCUT2D eigenvalue weighted by Crippen LogP contribution is 2.26. The zero-order chi connectivity index (χ0) is 15.4. The van der Waals surface area contributed by atoms with Crippen molar-refractivity contribution in [1.82, 2.24) is 5.32 Å². The Morgan fingerprint density at radius 3 is 2.81 bits per heavy atom. The van der Waals surface area contributed by atoms with Gasteiger partial charge in [-0.1, -0.05) is 18.6 Å². The zero-order valence-corrected chi connectivity index (χ0v) is 12.3. The standard InChI is InChI=1S/C16H21NO4/c1-10-5-3-6-12(9-10)21-11(2)15(18)17-14-8-4-7-13(14)16(19)20/h3,5-6,9,11,13-14H,4,7-8H2,1-2H3,(H,17,18)(H,19,20). The summed E-state index contributed by atoms with van der Waals surface area (Å²) in [6, 6.07) is 7.19. The first kappa shape index (κ1) is 15.4. The average Bonchev–Trinajstić information content (AvgIpc) is 2.87. The minimum Gasteiger partial charge on any atom is -0.481 e. The number of carboxylic acid groups (broad SMARTS) is 1. The van der Waals surface area contributed by atoms with Crippen LogP contribution in [0.3, 0.4) is 0 Å². The molecule has 1 aromatic carbocycles. The van der Waals surface area contributed by atoms with Crippen LogP contribution in [-0.2, 0) is 9.59 Å². The molecule has 1 aromatic rings. The molecule has 21 heavy (non-hydrogen) atoms. The topological polar surface area (TPSA) is 75.6 Å². The molecule has 3 atom stereocenters. The van der Waals surface area contributed by atoms with Crippen molar-refractivity contribution in [2.24, 2.45) is 5.92 Å². The van der Waals surface area contributed by atoms with Crippen LogP contribution in [0.5, 0.6) is 5.75 Å². The molecule has 1 saturated carbocycles. The smallest absolute Gasteiger partial charge is 0.308 e. The molecule has 5 heteroatoms. The fraction of sp³-hybridized carbons (Fsp3) is 0.500. The Labute approximate surface area is 124 Å². The van der Waals surface area contributed by atoms with Crippen molar-refractivity contribution in [1.29, 1.82) is 0 Å². The van der Waals surface area contributed by atoms with Gasteiger partial charge >= 0.3 is 5.97 Å². The van der Waals surface area contributed by atoms with Crippen LogP contribution in [0, 0.1) is 12.8 Å². The summed E-state index contributed by atoms with van der Waals surface area (Å²) in [5.74, 6) is -0.960. The van der Waals surface area contributed by atoms with E-state index in [2.05, 4.69) is 5.32 Å². The number of benzene rings is 1. The minimum atomic E-state index is -0.843. The van der Waals surface area contributed by atoms with Gasteiger partial charge in [-0.2, -0.15) is 0 Å². The first-order valence-corrected chi connectivity index (χ1v) is 7.24. The number of amides is 1. The molecule has 0 saturated heterocycles. The van der Waals surface area contributed by atoms with Gasteiger partial charge in [0, 0.05) is 6.04 Å². The zero-order valence-electron chi connectivity index (χ0n) is 12.3. The highest BCUT2D eigenvalue weighted by Gasteiger charge is 2.34. The van der Waals surface area contributed by atoms with Crippen molar-refractivity contribution in [2.75, 3.05) is 0 Å². The van der Waals surface area contributed by atoms with Crippen LogP contribution in [0.1, 0.15) is 31.7 Å². The van der Waals surface area contributed by atoms with Crippen LogP contribution in [0.4, 0.5) is 0 Å². The summed E-state index contributed by atoms with van der Waals surface area (Å²) in [5.41, 5.74) is 1.06. The Balaban J connectivity index is 1.92. The van der Waals surface area contributed by atoms with Gasteiger partial charge in [0.2, 0.25) is 0 Å². The van der Waals surface area contributed by atoms with Crippen LogP contribution >= 0.6 is 0 Å². The molecule has 0 bridgehead atoms. The molecule has 0 spiro atoms. The van der Waals surface area contributed by atoms with E-state index in [9.17, 15) is 9.59 Å². The van der Waals surface area contributed by atoms with Gasteiger partial charge in [-0.25, -0.2) is 0 Å². The second kappa shape index (κ2) is 6.61. The lowest BCUT2D eigenvalue weighted by molar-refractivity contribution is -0.142. The van der Waals surface area contributed by atoms with E-state index in [0.29, 0.717) is 18.6 Å². The first-order valence-electron chi connectivity index (χ1n) is 7.24. The van der Waals surface area contributed by atoms with Gasteiger partial charge in [0.1, 0.15) is 5.75 Å². The summed E-state index contributed by atoms with van der Waals surface area (Å²) < 4.78 is 5.60. The van der Waals surface area contributed by atoms with Gasteiger partial charge in [0.05, 0.1) is 5.92 Å². The fourth-order valence-electron chi connectivity index (χ4n) is 2.67. The molecule has 114 valence electrons. The molecule has 1 amide bonds. The van der Waals surface area contributed by atoms with Crippen molar-refractivity contribution in [2.45, 2.75) is 45.3 Å². The number of hydrogen-bond donors (Lipinski definition) is 2. The highest BCUT2D eigenvalue weighted by molar-refractivity contribution is 5.82. The lowest BCUT2D eigenvalue weighted by Gasteiger charge is -2.21. The van der Waals surface area contributed by atoms with E-state index in [0.717, 1.165) is 12.0 Å². The van der Waals surface area contributed by atoms with E-state index in [1.807, 2.05) is 25.1 Å². The SMILES string of the molecule is Cc1cccc(OC(C)C(=O)NC2CCCC2C(=O)O)c1. The molecule has 1 aliphatic rings. The molecule has 0 aliphatic heterocycles. The number of aryl methyl sites for hydroxylation is 1. The molecule has 2 N–H and O–H groups in total. The quantitative estimate of drug-likeness (QED) is 0.871. The Morgan fingerprint density at radius 2 is 2.14 bits per heavy atom. The molecular weight excluding hydrogens is 270 g/mol. The third-order valence-electron chi connectivity index (χ3n) is 3.83. The molecule has 5 nitrogen and oxygen atoms in total. The lowest BCUT2D eigenvalue weighted by Crippen LogP contribution is -2.45. The van der Waals surface area contributed by atoms with Crippen LogP contribution in [0.25, 0.3) is 0 Å². The molecule has 1 aliphatic carbocycles. The van der Waals surface area contributed by atoms with E-state index in [4.69, 9.17) is 9.84 Å². The van der Waals surface area contributed by atoms with Gasteiger partial charge < -0.3 is 15.2 Å². The van der Waals surface area contributed by atoms with E-state index >= 15 is 0 Å². The van der Waals surface area contributed by atoms with E-state index in [-0.39, 0.29) is 11.9 Å². The normalized spacial score (nSPS) is 22.6. The summed E-state index contributed by atoms with van der Waals surface area (Å²) in [6.45, 7) is 3.62. The maximum Gasteiger partial charge on any atom is 0.308 e. The summed E-state index contributed by atoms with van der Waals surface area (Å²) in [7, 11) is 0. The van der Waals surface area contributed by atoms with Crippen molar-refractivity contribution in [3.8, 4) is 5.75 Å². The van der Waals surface area contributed by atoms with Gasteiger partial charge in [-0.3, -0.25) is 9.59 Å². The third-order valence-corrected chi connectivity index (χ3v) is 3.83. The lowest BCUT2D eigenvalue weighted by atomic mass is 10.0. The number of carbonyl (C=O) groups excluding carboxylic acids is 1. The second-order valence-corrected chi connectivity index (χ2v) is 5.57. The molecule has 0 radical (unpaired) electrons. The number of ether oxygens (including phenoxy) is 1. The summed E-state index contributed by atoms with van der Waals surface area (Å²) in [5, 5.41) is 11.9. The van der Waals surface area contributed by atoms with E-state index in [1.165, 1.54) is 0 Å². The molecule has 3 unspecified atom stereocenters. The number of rotatable bonds is 5. The van der Waals surface area contributed by atoms with E-state index in [1.54, 1.807) is 13.0 Å². The Morgan fingerprint density at radius 1 is 1.38 bits per heavy atom. The number of nitrogens with one attached hydrogen (secondary N) is 1. The Kier molecular flexibility index (Phi) is 4.83. The third kappa shape index (κ3) is 3.97. The summed E-state index contributed by atoms with van der Waals surface area (Å²) in [4.78, 5) is 23.2. The van der Waals surface area contributed by atoms with E-state index < -0.39 is 18.0 Å². The Hall–Kier alpha value is -2.04. The summed E-state index contributed by atoms with van der Waals surface area (Å²) >= 11 is 0. The number of carboxylic acids is 1. The predicted octanol–water partition coefficient (Wildman–Crippen LogP) is 2.13. The minimum absolute atomic E-state index is 0.269. The summed E-state index contributed by atoms with van der Waals surface area (Å²) in [6.07, 6.45) is 1.50. The highest BCUT2D eigenvalue weighted by atomic mass is 16.5. The van der Waals surface area contributed by atoms with Crippen LogP contribution in [-0.4, -0.2) is 29.1 Å². The van der Waals surface area contributed by atoms with Gasteiger partial charge in [0.25, 0.3) is 5.91 Å². The van der Waals surface area contributed by atoms with Crippen molar-refractivity contribution in [3.63, 3.8) is 0 Å². The number of hydrogen-bond acceptors (Lipinski definition) is 3. The monoisotopic (exact) mass is 291 g/mol. The van der Waals surface area contributed by atoms with Crippen LogP contribution in [0.2, 0.25) is 0 Å².